The molecule has 1 amide bonds. The number of aliphatic carboxylic acids is 1. The van der Waals surface area contributed by atoms with Gasteiger partial charge in [0.15, 0.2) is 0 Å². The summed E-state index contributed by atoms with van der Waals surface area (Å²) in [6.45, 7) is 5.45. The van der Waals surface area contributed by atoms with Gasteiger partial charge in [-0.3, -0.25) is 9.59 Å². The predicted molar refractivity (Wildman–Crippen MR) is 71.8 cm³/mol. The van der Waals surface area contributed by atoms with Gasteiger partial charge in [-0.25, -0.2) is 0 Å². The molecule has 1 aliphatic carbocycles. The zero-order valence-corrected chi connectivity index (χ0v) is 12.1. The van der Waals surface area contributed by atoms with Crippen LogP contribution in [0.25, 0.3) is 0 Å². The largest absolute Gasteiger partial charge is 0.481 e. The summed E-state index contributed by atoms with van der Waals surface area (Å²) in [4.78, 5) is 22.5. The van der Waals surface area contributed by atoms with Crippen molar-refractivity contribution in [2.24, 2.45) is 11.3 Å². The molecule has 0 spiro atoms. The first kappa shape index (κ1) is 16.0. The fourth-order valence-electron chi connectivity index (χ4n) is 2.16. The first-order chi connectivity index (χ1) is 8.83. The zero-order chi connectivity index (χ0) is 14.5. The van der Waals surface area contributed by atoms with Gasteiger partial charge in [-0.2, -0.15) is 0 Å². The van der Waals surface area contributed by atoms with Gasteiger partial charge >= 0.3 is 5.97 Å². The number of carbonyl (C=O) groups excluding carboxylic acids is 1. The first-order valence-corrected chi connectivity index (χ1v) is 6.94. The minimum atomic E-state index is -0.951. The Balaban J connectivity index is 2.26. The van der Waals surface area contributed by atoms with E-state index in [1.807, 2.05) is 0 Å². The topological polar surface area (TPSA) is 75.6 Å². The molecule has 1 saturated carbocycles. The van der Waals surface area contributed by atoms with Crippen LogP contribution in [0, 0.1) is 11.3 Å². The van der Waals surface area contributed by atoms with Crippen molar-refractivity contribution in [1.29, 1.82) is 0 Å². The molecule has 0 aliphatic heterocycles. The van der Waals surface area contributed by atoms with E-state index in [2.05, 4.69) is 12.2 Å². The fourth-order valence-corrected chi connectivity index (χ4v) is 2.16. The summed E-state index contributed by atoms with van der Waals surface area (Å²) in [5, 5.41) is 11.6. The molecule has 5 heteroatoms. The molecule has 2 atom stereocenters. The molecule has 2 unspecified atom stereocenters. The van der Waals surface area contributed by atoms with Crippen LogP contribution >= 0.6 is 0 Å². The monoisotopic (exact) mass is 271 g/mol. The molecule has 0 aromatic carbocycles. The Morgan fingerprint density at radius 3 is 2.53 bits per heavy atom. The van der Waals surface area contributed by atoms with E-state index in [0.717, 1.165) is 19.3 Å². The van der Waals surface area contributed by atoms with Crippen LogP contribution in [0.1, 0.15) is 46.5 Å². The van der Waals surface area contributed by atoms with Crippen molar-refractivity contribution < 1.29 is 19.4 Å². The Labute approximate surface area is 114 Å². The van der Waals surface area contributed by atoms with Crippen LogP contribution in [0.2, 0.25) is 0 Å². The van der Waals surface area contributed by atoms with E-state index >= 15 is 0 Å². The molecule has 110 valence electrons. The quantitative estimate of drug-likeness (QED) is 0.772. The average molecular weight is 271 g/mol. The van der Waals surface area contributed by atoms with E-state index < -0.39 is 11.4 Å². The van der Waals surface area contributed by atoms with Crippen LogP contribution in [0.5, 0.6) is 0 Å². The Kier molecular flexibility index (Phi) is 5.79. The molecule has 19 heavy (non-hydrogen) atoms. The highest BCUT2D eigenvalue weighted by atomic mass is 16.5. The van der Waals surface area contributed by atoms with Gasteiger partial charge in [-0.15, -0.1) is 0 Å². The molecular formula is C14H25NO4. The lowest BCUT2D eigenvalue weighted by molar-refractivity contribution is -0.147. The van der Waals surface area contributed by atoms with Crippen LogP contribution < -0.4 is 5.32 Å². The van der Waals surface area contributed by atoms with E-state index in [-0.39, 0.29) is 25.2 Å². The third kappa shape index (κ3) is 5.19. The summed E-state index contributed by atoms with van der Waals surface area (Å²) < 4.78 is 5.62. The number of carboxylic acids is 1. The highest BCUT2D eigenvalue weighted by Crippen LogP contribution is 2.26. The summed E-state index contributed by atoms with van der Waals surface area (Å²) in [6.07, 6.45) is 4.71. The molecule has 0 aromatic rings. The Bertz CT molecular complexity index is 327. The van der Waals surface area contributed by atoms with Crippen molar-refractivity contribution >= 4 is 11.9 Å². The van der Waals surface area contributed by atoms with Crippen LogP contribution in [-0.4, -0.2) is 36.2 Å². The summed E-state index contributed by atoms with van der Waals surface area (Å²) in [5.41, 5.74) is -0.951. The van der Waals surface area contributed by atoms with Gasteiger partial charge in [0, 0.05) is 6.54 Å². The highest BCUT2D eigenvalue weighted by molar-refractivity contribution is 5.79. The Morgan fingerprint density at radius 1 is 1.32 bits per heavy atom. The van der Waals surface area contributed by atoms with Crippen LogP contribution in [0.15, 0.2) is 0 Å². The van der Waals surface area contributed by atoms with Crippen molar-refractivity contribution in [2.75, 3.05) is 13.2 Å². The molecule has 1 rings (SSSR count). The number of amides is 1. The van der Waals surface area contributed by atoms with Crippen molar-refractivity contribution in [3.05, 3.63) is 0 Å². The van der Waals surface area contributed by atoms with Gasteiger partial charge in [0.1, 0.15) is 6.61 Å². The summed E-state index contributed by atoms with van der Waals surface area (Å²) in [7, 11) is 0. The first-order valence-electron chi connectivity index (χ1n) is 6.94. The van der Waals surface area contributed by atoms with Crippen LogP contribution in [0.4, 0.5) is 0 Å². The number of carbonyl (C=O) groups is 2. The molecule has 0 heterocycles. The van der Waals surface area contributed by atoms with Crippen LogP contribution in [0.3, 0.4) is 0 Å². The maximum atomic E-state index is 11.6. The smallest absolute Gasteiger partial charge is 0.310 e. The van der Waals surface area contributed by atoms with E-state index in [4.69, 9.17) is 9.84 Å². The summed E-state index contributed by atoms with van der Waals surface area (Å²) >= 11 is 0. The van der Waals surface area contributed by atoms with E-state index in [9.17, 15) is 9.59 Å². The normalized spacial score (nSPS) is 23.9. The third-order valence-corrected chi connectivity index (χ3v) is 3.77. The van der Waals surface area contributed by atoms with Gasteiger partial charge in [-0.05, 0) is 32.6 Å². The Hall–Kier alpha value is -1.10. The lowest BCUT2D eigenvalue weighted by Gasteiger charge is -2.28. The highest BCUT2D eigenvalue weighted by Gasteiger charge is 2.28. The van der Waals surface area contributed by atoms with Gasteiger partial charge in [0.25, 0.3) is 0 Å². The SMILES string of the molecule is CC1CCCCC1OCC(=O)NCC(C)(C)C(=O)O. The second kappa shape index (κ2) is 6.89. The predicted octanol–water partition coefficient (Wildman–Crippen LogP) is 1.81. The average Bonchev–Trinajstić information content (AvgIpc) is 2.35. The molecule has 2 N–H and O–H groups in total. The van der Waals surface area contributed by atoms with Crippen LogP contribution in [-0.2, 0) is 14.3 Å². The van der Waals surface area contributed by atoms with Gasteiger partial charge in [-0.1, -0.05) is 19.8 Å². The van der Waals surface area contributed by atoms with Crippen molar-refractivity contribution in [3.63, 3.8) is 0 Å². The molecule has 0 aromatic heterocycles. The molecule has 5 nitrogen and oxygen atoms in total. The lowest BCUT2D eigenvalue weighted by atomic mass is 9.88. The maximum absolute atomic E-state index is 11.6. The lowest BCUT2D eigenvalue weighted by Crippen LogP contribution is -2.41. The molecule has 1 aliphatic rings. The van der Waals surface area contributed by atoms with Gasteiger partial charge in [0.2, 0.25) is 5.91 Å². The van der Waals surface area contributed by atoms with Crippen molar-refractivity contribution in [3.8, 4) is 0 Å². The number of ether oxygens (including phenoxy) is 1. The second-order valence-corrected chi connectivity index (χ2v) is 6.08. The fraction of sp³-hybridized carbons (Fsp3) is 0.857. The van der Waals surface area contributed by atoms with Gasteiger partial charge in [0.05, 0.1) is 11.5 Å². The van der Waals surface area contributed by atoms with Crippen molar-refractivity contribution in [2.45, 2.75) is 52.6 Å². The van der Waals surface area contributed by atoms with Gasteiger partial charge < -0.3 is 15.2 Å². The molecular weight excluding hydrogens is 246 g/mol. The summed E-state index contributed by atoms with van der Waals surface area (Å²) in [5.74, 6) is -0.668. The number of hydrogen-bond acceptors (Lipinski definition) is 3. The number of nitrogens with one attached hydrogen (secondary N) is 1. The molecule has 0 radical (unpaired) electrons. The number of carboxylic acid groups (broad SMARTS) is 1. The minimum Gasteiger partial charge on any atom is -0.481 e. The number of hydrogen-bond donors (Lipinski definition) is 2. The summed E-state index contributed by atoms with van der Waals surface area (Å²) in [6, 6.07) is 0. The molecule has 1 fully saturated rings. The molecule has 0 bridgehead atoms. The van der Waals surface area contributed by atoms with Crippen molar-refractivity contribution in [1.82, 2.24) is 5.32 Å². The van der Waals surface area contributed by atoms with E-state index in [0.29, 0.717) is 5.92 Å². The standard InChI is InChI=1S/C14H25NO4/c1-10-6-4-5-7-11(10)19-8-12(16)15-9-14(2,3)13(17)18/h10-11H,4-9H2,1-3H3,(H,15,16)(H,17,18). The Morgan fingerprint density at radius 2 is 1.95 bits per heavy atom. The zero-order valence-electron chi connectivity index (χ0n) is 12.1. The van der Waals surface area contributed by atoms with E-state index in [1.54, 1.807) is 13.8 Å². The third-order valence-electron chi connectivity index (χ3n) is 3.77. The number of rotatable bonds is 6. The van der Waals surface area contributed by atoms with E-state index in [1.165, 1.54) is 6.42 Å². The molecule has 0 saturated heterocycles. The second-order valence-electron chi connectivity index (χ2n) is 6.08. The maximum Gasteiger partial charge on any atom is 0.310 e. The minimum absolute atomic E-state index is 0.0186.